The number of aliphatic hydroxyl groups excluding tert-OH is 2. The fourth-order valence-electron chi connectivity index (χ4n) is 0.543. The van der Waals surface area contributed by atoms with Gasteiger partial charge in [-0.3, -0.25) is 0 Å². The van der Waals surface area contributed by atoms with Crippen LogP contribution in [0.2, 0.25) is 0 Å². The molecule has 0 aromatic rings. The molecule has 9 heavy (non-hydrogen) atoms. The third-order valence-electron chi connectivity index (χ3n) is 1.16. The van der Waals surface area contributed by atoms with Crippen LogP contribution in [0.15, 0.2) is 0 Å². The number of likely N-dealkylation sites (N-methyl/N-ethyl adjacent to an activating group) is 1. The maximum atomic E-state index is 9.13. The van der Waals surface area contributed by atoms with E-state index in [1.807, 2.05) is 0 Å². The summed E-state index contributed by atoms with van der Waals surface area (Å²) in [5.74, 6) is 0. The zero-order valence-corrected chi connectivity index (χ0v) is 5.62. The molecule has 0 aliphatic heterocycles. The van der Waals surface area contributed by atoms with Gasteiger partial charge < -0.3 is 10.2 Å². The van der Waals surface area contributed by atoms with Crippen molar-refractivity contribution in [2.24, 2.45) is 0 Å². The summed E-state index contributed by atoms with van der Waals surface area (Å²) in [7, 11) is 1.53. The highest BCUT2D eigenvalue weighted by molar-refractivity contribution is 4.25. The second-order valence-corrected chi connectivity index (χ2v) is 2.23. The molecule has 0 amide bonds. The van der Waals surface area contributed by atoms with Crippen LogP contribution in [0.4, 0.5) is 0 Å². The topological polar surface area (TPSA) is 60.7 Å². The molecule has 4 nitrogen and oxygen atoms in total. The summed E-state index contributed by atoms with van der Waals surface area (Å²) in [6, 6.07) is 0. The summed E-state index contributed by atoms with van der Waals surface area (Å²) in [6.45, 7) is 0.404. The number of aliphatic hydroxyl groups is 2. The SMILES string of the molecule is C[N+](O)(CCO)CCO. The van der Waals surface area contributed by atoms with Gasteiger partial charge in [0.2, 0.25) is 0 Å². The molecular formula is C5H14NO3+. The van der Waals surface area contributed by atoms with Gasteiger partial charge in [0.05, 0.1) is 20.3 Å². The molecule has 0 rings (SSSR count). The molecule has 0 atom stereocenters. The molecule has 0 fully saturated rings. The van der Waals surface area contributed by atoms with Crippen LogP contribution in [-0.4, -0.2) is 53.4 Å². The lowest BCUT2D eigenvalue weighted by Gasteiger charge is -2.22. The predicted octanol–water partition coefficient (Wildman–Crippen LogP) is -1.19. The summed E-state index contributed by atoms with van der Waals surface area (Å²) in [5.41, 5.74) is 0. The third-order valence-corrected chi connectivity index (χ3v) is 1.16. The Kier molecular flexibility index (Phi) is 3.72. The van der Waals surface area contributed by atoms with Crippen LogP contribution in [-0.2, 0) is 0 Å². The molecule has 0 bridgehead atoms. The largest absolute Gasteiger partial charge is 0.390 e. The number of rotatable bonds is 4. The van der Waals surface area contributed by atoms with Gasteiger partial charge in [0, 0.05) is 0 Å². The summed E-state index contributed by atoms with van der Waals surface area (Å²) in [4.78, 5) is 0. The predicted molar refractivity (Wildman–Crippen MR) is 31.9 cm³/mol. The van der Waals surface area contributed by atoms with Crippen molar-refractivity contribution in [2.75, 3.05) is 33.4 Å². The highest BCUT2D eigenvalue weighted by Gasteiger charge is 2.15. The molecular weight excluding hydrogens is 122 g/mol. The summed E-state index contributed by atoms with van der Waals surface area (Å²) >= 11 is 0. The summed E-state index contributed by atoms with van der Waals surface area (Å²) < 4.78 is -0.312. The molecule has 0 saturated heterocycles. The standard InChI is InChI=1S/C5H14NO3/c1-6(9,2-4-7)3-5-8/h7-9H,2-5H2,1H3/q+1. The van der Waals surface area contributed by atoms with E-state index in [9.17, 15) is 0 Å². The molecule has 56 valence electrons. The Morgan fingerprint density at radius 1 is 1.11 bits per heavy atom. The van der Waals surface area contributed by atoms with Crippen molar-refractivity contribution >= 4 is 0 Å². The molecule has 0 unspecified atom stereocenters. The van der Waals surface area contributed by atoms with Crippen molar-refractivity contribution in [2.45, 2.75) is 0 Å². The van der Waals surface area contributed by atoms with Gasteiger partial charge in [-0.1, -0.05) is 0 Å². The summed E-state index contributed by atoms with van der Waals surface area (Å²) in [6.07, 6.45) is 0. The van der Waals surface area contributed by atoms with E-state index >= 15 is 0 Å². The Morgan fingerprint density at radius 2 is 1.44 bits per heavy atom. The second kappa shape index (κ2) is 3.79. The first-order chi connectivity index (χ1) is 4.12. The number of quaternary nitrogens is 1. The third kappa shape index (κ3) is 4.35. The fraction of sp³-hybridized carbons (Fsp3) is 1.00. The highest BCUT2D eigenvalue weighted by Crippen LogP contribution is 1.91. The van der Waals surface area contributed by atoms with Gasteiger partial charge in [-0.25, -0.2) is 5.21 Å². The smallest absolute Gasteiger partial charge is 0.132 e. The first-order valence-electron chi connectivity index (χ1n) is 2.91. The molecule has 0 aliphatic rings. The molecule has 0 aromatic heterocycles. The van der Waals surface area contributed by atoms with E-state index in [4.69, 9.17) is 15.4 Å². The first-order valence-corrected chi connectivity index (χ1v) is 2.91. The van der Waals surface area contributed by atoms with E-state index < -0.39 is 0 Å². The van der Waals surface area contributed by atoms with E-state index in [1.54, 1.807) is 0 Å². The van der Waals surface area contributed by atoms with E-state index in [0.29, 0.717) is 0 Å². The lowest BCUT2D eigenvalue weighted by Crippen LogP contribution is -2.44. The lowest BCUT2D eigenvalue weighted by molar-refractivity contribution is -1.09. The van der Waals surface area contributed by atoms with Gasteiger partial charge in [0.15, 0.2) is 0 Å². The Labute approximate surface area is 54.5 Å². The van der Waals surface area contributed by atoms with E-state index in [0.717, 1.165) is 0 Å². The van der Waals surface area contributed by atoms with Gasteiger partial charge in [-0.05, 0) is 0 Å². The molecule has 4 heteroatoms. The Hall–Kier alpha value is -0.160. The molecule has 0 saturated carbocycles. The molecule has 0 radical (unpaired) electrons. The molecule has 0 aliphatic carbocycles. The Morgan fingerprint density at radius 3 is 1.67 bits per heavy atom. The van der Waals surface area contributed by atoms with Crippen molar-refractivity contribution < 1.29 is 20.1 Å². The van der Waals surface area contributed by atoms with Crippen LogP contribution in [0.1, 0.15) is 0 Å². The minimum atomic E-state index is -0.312. The fourth-order valence-corrected chi connectivity index (χ4v) is 0.543. The highest BCUT2D eigenvalue weighted by atomic mass is 16.5. The monoisotopic (exact) mass is 136 g/mol. The Bertz CT molecular complexity index is 66.6. The lowest BCUT2D eigenvalue weighted by atomic mass is 10.5. The first kappa shape index (κ1) is 8.84. The Balaban J connectivity index is 3.43. The minimum absolute atomic E-state index is 0.0625. The quantitative estimate of drug-likeness (QED) is 0.336. The van der Waals surface area contributed by atoms with Crippen molar-refractivity contribution in [1.29, 1.82) is 0 Å². The number of nitrogens with zero attached hydrogens (tertiary/aromatic N) is 1. The van der Waals surface area contributed by atoms with Crippen LogP contribution < -0.4 is 0 Å². The molecule has 0 heterocycles. The number of hydrogen-bond acceptors (Lipinski definition) is 3. The van der Waals surface area contributed by atoms with E-state index in [1.165, 1.54) is 7.05 Å². The molecule has 0 spiro atoms. The van der Waals surface area contributed by atoms with Crippen LogP contribution in [0.25, 0.3) is 0 Å². The van der Waals surface area contributed by atoms with Crippen molar-refractivity contribution in [3.8, 4) is 0 Å². The van der Waals surface area contributed by atoms with Crippen LogP contribution in [0.5, 0.6) is 0 Å². The summed E-state index contributed by atoms with van der Waals surface area (Å²) in [5, 5.41) is 25.9. The van der Waals surface area contributed by atoms with Gasteiger partial charge >= 0.3 is 0 Å². The molecule has 0 aromatic carbocycles. The van der Waals surface area contributed by atoms with Crippen LogP contribution in [0.3, 0.4) is 0 Å². The minimum Gasteiger partial charge on any atom is -0.390 e. The normalized spacial score (nSPS) is 12.0. The van der Waals surface area contributed by atoms with Crippen molar-refractivity contribution in [3.05, 3.63) is 0 Å². The number of hydrogen-bond donors (Lipinski definition) is 3. The van der Waals surface area contributed by atoms with Crippen LogP contribution >= 0.6 is 0 Å². The second-order valence-electron chi connectivity index (χ2n) is 2.23. The van der Waals surface area contributed by atoms with Crippen LogP contribution in [0, 0.1) is 0 Å². The van der Waals surface area contributed by atoms with Gasteiger partial charge in [-0.2, -0.15) is 4.65 Å². The average Bonchev–Trinajstić information content (AvgIpc) is 1.64. The average molecular weight is 136 g/mol. The maximum Gasteiger partial charge on any atom is 0.132 e. The van der Waals surface area contributed by atoms with Gasteiger partial charge in [-0.15, -0.1) is 0 Å². The molecule has 3 N–H and O–H groups in total. The number of hydroxylamine groups is 3. The zero-order valence-electron chi connectivity index (χ0n) is 5.62. The van der Waals surface area contributed by atoms with E-state index in [2.05, 4.69) is 0 Å². The maximum absolute atomic E-state index is 9.13. The van der Waals surface area contributed by atoms with Crippen molar-refractivity contribution in [3.63, 3.8) is 0 Å². The van der Waals surface area contributed by atoms with E-state index in [-0.39, 0.29) is 30.9 Å². The van der Waals surface area contributed by atoms with Gasteiger partial charge in [0.1, 0.15) is 13.1 Å². The van der Waals surface area contributed by atoms with Crippen molar-refractivity contribution in [1.82, 2.24) is 0 Å². The zero-order chi connectivity index (χ0) is 7.33. The van der Waals surface area contributed by atoms with Gasteiger partial charge in [0.25, 0.3) is 0 Å².